The molecule has 0 aliphatic rings. The zero-order valence-corrected chi connectivity index (χ0v) is 11.2. The Morgan fingerprint density at radius 2 is 1.24 bits per heavy atom. The van der Waals surface area contributed by atoms with Gasteiger partial charge in [-0.15, -0.1) is 0 Å². The second-order valence-corrected chi connectivity index (χ2v) is 4.08. The molecule has 2 aromatic rings. The highest BCUT2D eigenvalue weighted by atomic mass is 16.6. The molecule has 5 heteroatoms. The van der Waals surface area contributed by atoms with Gasteiger partial charge in [-0.3, -0.25) is 0 Å². The quantitative estimate of drug-likeness (QED) is 0.639. The van der Waals surface area contributed by atoms with Gasteiger partial charge in [0.1, 0.15) is 0 Å². The molecule has 2 rings (SSSR count). The fourth-order valence-corrected chi connectivity index (χ4v) is 1.72. The molecule has 0 aliphatic heterocycles. The van der Waals surface area contributed by atoms with Gasteiger partial charge in [-0.2, -0.15) is 0 Å². The van der Waals surface area contributed by atoms with E-state index in [0.717, 1.165) is 0 Å². The summed E-state index contributed by atoms with van der Waals surface area (Å²) in [5.74, 6) is -2.35. The van der Waals surface area contributed by atoms with E-state index in [1.54, 1.807) is 30.3 Å². The minimum absolute atomic E-state index is 0.0198. The molecular weight excluding hydrogens is 272 g/mol. The lowest BCUT2D eigenvalue weighted by molar-refractivity contribution is 0.0389. The van der Waals surface area contributed by atoms with Gasteiger partial charge in [-0.1, -0.05) is 30.3 Å². The van der Waals surface area contributed by atoms with Crippen LogP contribution in [-0.2, 0) is 9.47 Å². The molecule has 0 aromatic heterocycles. The molecule has 0 atom stereocenters. The molecule has 0 heterocycles. The maximum atomic E-state index is 12.0. The van der Waals surface area contributed by atoms with Crippen LogP contribution in [0.5, 0.6) is 0 Å². The molecular formula is C16H12O5. The van der Waals surface area contributed by atoms with Crippen LogP contribution in [0.2, 0.25) is 0 Å². The molecule has 2 aromatic carbocycles. The molecule has 0 amide bonds. The first-order chi connectivity index (χ1) is 10.1. The van der Waals surface area contributed by atoms with Crippen LogP contribution in [0, 0.1) is 0 Å². The average molecular weight is 284 g/mol. The SMILES string of the molecule is COC(=O)c1ccccc1C(=O)OC(=O)c1ccccc1. The summed E-state index contributed by atoms with van der Waals surface area (Å²) in [6.07, 6.45) is 0. The minimum atomic E-state index is -0.898. The van der Waals surface area contributed by atoms with Gasteiger partial charge in [0.2, 0.25) is 0 Å². The van der Waals surface area contributed by atoms with E-state index in [9.17, 15) is 14.4 Å². The summed E-state index contributed by atoms with van der Waals surface area (Å²) in [7, 11) is 1.21. The number of carbonyl (C=O) groups excluding carboxylic acids is 3. The number of ether oxygens (including phenoxy) is 2. The highest BCUT2D eigenvalue weighted by molar-refractivity contribution is 6.08. The van der Waals surface area contributed by atoms with Crippen molar-refractivity contribution in [3.05, 3.63) is 71.3 Å². The van der Waals surface area contributed by atoms with Crippen molar-refractivity contribution in [2.45, 2.75) is 0 Å². The Morgan fingerprint density at radius 1 is 0.714 bits per heavy atom. The summed E-state index contributed by atoms with van der Waals surface area (Å²) in [5.41, 5.74) is 0.279. The van der Waals surface area contributed by atoms with Gasteiger partial charge >= 0.3 is 17.9 Å². The second kappa shape index (κ2) is 6.47. The number of carbonyl (C=O) groups is 3. The van der Waals surface area contributed by atoms with Gasteiger partial charge in [0, 0.05) is 0 Å². The van der Waals surface area contributed by atoms with Gasteiger partial charge in [0.25, 0.3) is 0 Å². The first-order valence-electron chi connectivity index (χ1n) is 6.12. The summed E-state index contributed by atoms with van der Waals surface area (Å²) >= 11 is 0. The van der Waals surface area contributed by atoms with Crippen LogP contribution in [0.15, 0.2) is 54.6 Å². The van der Waals surface area contributed by atoms with Gasteiger partial charge < -0.3 is 9.47 Å². The monoisotopic (exact) mass is 284 g/mol. The largest absolute Gasteiger partial charge is 0.465 e. The maximum absolute atomic E-state index is 12.0. The first kappa shape index (κ1) is 14.5. The fraction of sp³-hybridized carbons (Fsp3) is 0.0625. The summed E-state index contributed by atoms with van der Waals surface area (Å²) in [4.78, 5) is 35.4. The number of hydrogen-bond acceptors (Lipinski definition) is 5. The molecule has 0 N–H and O–H groups in total. The molecule has 0 fully saturated rings. The number of methoxy groups -OCH3 is 1. The summed E-state index contributed by atoms with van der Waals surface area (Å²) in [5, 5.41) is 0. The Balaban J connectivity index is 2.22. The maximum Gasteiger partial charge on any atom is 0.346 e. The van der Waals surface area contributed by atoms with E-state index in [-0.39, 0.29) is 16.7 Å². The topological polar surface area (TPSA) is 69.7 Å². The van der Waals surface area contributed by atoms with Crippen molar-refractivity contribution in [2.75, 3.05) is 7.11 Å². The smallest absolute Gasteiger partial charge is 0.346 e. The van der Waals surface area contributed by atoms with Crippen LogP contribution < -0.4 is 0 Å². The van der Waals surface area contributed by atoms with E-state index >= 15 is 0 Å². The van der Waals surface area contributed by atoms with Gasteiger partial charge in [0.05, 0.1) is 23.8 Å². The Hall–Kier alpha value is -2.95. The summed E-state index contributed by atoms with van der Waals surface area (Å²) in [6, 6.07) is 14.1. The fourth-order valence-electron chi connectivity index (χ4n) is 1.72. The third-order valence-electron chi connectivity index (χ3n) is 2.75. The lowest BCUT2D eigenvalue weighted by Crippen LogP contribution is -2.16. The normalized spacial score (nSPS) is 9.76. The lowest BCUT2D eigenvalue weighted by Gasteiger charge is -2.07. The number of benzene rings is 2. The lowest BCUT2D eigenvalue weighted by atomic mass is 10.1. The third kappa shape index (κ3) is 3.33. The standard InChI is InChI=1S/C16H12O5/c1-20-15(18)12-9-5-6-10-13(12)16(19)21-14(17)11-7-3-2-4-8-11/h2-10H,1H3. The van der Waals surface area contributed by atoms with Gasteiger partial charge in [0.15, 0.2) is 0 Å². The minimum Gasteiger partial charge on any atom is -0.465 e. The van der Waals surface area contributed by atoms with Gasteiger partial charge in [-0.05, 0) is 24.3 Å². The van der Waals surface area contributed by atoms with E-state index < -0.39 is 17.9 Å². The molecule has 0 unspecified atom stereocenters. The summed E-state index contributed by atoms with van der Waals surface area (Å²) < 4.78 is 9.36. The van der Waals surface area contributed by atoms with E-state index in [4.69, 9.17) is 4.74 Å². The zero-order chi connectivity index (χ0) is 15.2. The van der Waals surface area contributed by atoms with E-state index in [0.29, 0.717) is 0 Å². The predicted molar refractivity (Wildman–Crippen MR) is 74.0 cm³/mol. The van der Waals surface area contributed by atoms with Crippen LogP contribution in [0.3, 0.4) is 0 Å². The highest BCUT2D eigenvalue weighted by Crippen LogP contribution is 2.13. The molecule has 0 aliphatic carbocycles. The Kier molecular flexibility index (Phi) is 4.46. The second-order valence-electron chi connectivity index (χ2n) is 4.08. The van der Waals surface area contributed by atoms with Crippen LogP contribution in [0.4, 0.5) is 0 Å². The van der Waals surface area contributed by atoms with E-state index in [1.165, 1.54) is 31.4 Å². The Labute approximate surface area is 121 Å². The molecule has 106 valence electrons. The molecule has 0 saturated heterocycles. The molecule has 0 spiro atoms. The van der Waals surface area contributed by atoms with E-state index in [1.807, 2.05) is 0 Å². The third-order valence-corrected chi connectivity index (χ3v) is 2.75. The van der Waals surface area contributed by atoms with Crippen molar-refractivity contribution in [3.8, 4) is 0 Å². The number of rotatable bonds is 3. The molecule has 0 saturated carbocycles. The van der Waals surface area contributed by atoms with Crippen molar-refractivity contribution in [1.82, 2.24) is 0 Å². The van der Waals surface area contributed by atoms with Crippen LogP contribution in [-0.4, -0.2) is 25.0 Å². The van der Waals surface area contributed by atoms with Crippen molar-refractivity contribution in [1.29, 1.82) is 0 Å². The molecule has 21 heavy (non-hydrogen) atoms. The number of esters is 3. The van der Waals surface area contributed by atoms with Crippen molar-refractivity contribution in [2.24, 2.45) is 0 Å². The van der Waals surface area contributed by atoms with Crippen LogP contribution in [0.1, 0.15) is 31.1 Å². The number of hydrogen-bond donors (Lipinski definition) is 0. The van der Waals surface area contributed by atoms with Crippen molar-refractivity contribution < 1.29 is 23.9 Å². The van der Waals surface area contributed by atoms with Crippen LogP contribution in [0.25, 0.3) is 0 Å². The first-order valence-corrected chi connectivity index (χ1v) is 6.12. The molecule has 0 bridgehead atoms. The highest BCUT2D eigenvalue weighted by Gasteiger charge is 2.21. The molecule has 0 radical (unpaired) electrons. The summed E-state index contributed by atoms with van der Waals surface area (Å²) in [6.45, 7) is 0. The average Bonchev–Trinajstić information content (AvgIpc) is 2.54. The van der Waals surface area contributed by atoms with Crippen molar-refractivity contribution in [3.63, 3.8) is 0 Å². The zero-order valence-electron chi connectivity index (χ0n) is 11.2. The van der Waals surface area contributed by atoms with Gasteiger partial charge in [-0.25, -0.2) is 14.4 Å². The Morgan fingerprint density at radius 3 is 1.81 bits per heavy atom. The van der Waals surface area contributed by atoms with Crippen molar-refractivity contribution >= 4 is 17.9 Å². The van der Waals surface area contributed by atoms with E-state index in [2.05, 4.69) is 4.74 Å². The Bertz CT molecular complexity index is 676. The van der Waals surface area contributed by atoms with Crippen LogP contribution >= 0.6 is 0 Å². The molecule has 5 nitrogen and oxygen atoms in total. The predicted octanol–water partition coefficient (Wildman–Crippen LogP) is 2.47.